The Morgan fingerprint density at radius 2 is 2.00 bits per heavy atom. The minimum atomic E-state index is -0.0168. The number of hydrogen-bond donors (Lipinski definition) is 0. The maximum absolute atomic E-state index is 12.8. The van der Waals surface area contributed by atoms with E-state index in [2.05, 4.69) is 23.7 Å². The molecule has 0 fully saturated rings. The summed E-state index contributed by atoms with van der Waals surface area (Å²) in [7, 11) is 3.49. The molecular formula is C19H28N4O2. The highest BCUT2D eigenvalue weighted by Gasteiger charge is 2.20. The molecule has 6 nitrogen and oxygen atoms in total. The topological polar surface area (TPSA) is 60.2 Å². The first-order valence-corrected chi connectivity index (χ1v) is 8.74. The molecule has 0 N–H and O–H groups in total. The number of nitrogens with zero attached hydrogens (tertiary/aromatic N) is 4. The van der Waals surface area contributed by atoms with Crippen LogP contribution in [0.3, 0.4) is 0 Å². The second-order valence-corrected chi connectivity index (χ2v) is 6.28. The molecule has 0 spiro atoms. The molecule has 136 valence electrons. The van der Waals surface area contributed by atoms with Gasteiger partial charge in [0.15, 0.2) is 0 Å². The molecule has 1 unspecified atom stereocenters. The van der Waals surface area contributed by atoms with Crippen LogP contribution in [-0.4, -0.2) is 40.8 Å². The van der Waals surface area contributed by atoms with Crippen LogP contribution < -0.4 is 10.5 Å². The van der Waals surface area contributed by atoms with Crippen molar-refractivity contribution in [3.63, 3.8) is 0 Å². The third kappa shape index (κ3) is 4.25. The standard InChI is InChI=1S/C19H28N4O2/c1-6-14(2)23(12-7-13-25-5)19-21-17(15(3)18(24)22(19)4)16-8-10-20-11-9-16/h8-11,14H,6-7,12-13H2,1-5H3. The van der Waals surface area contributed by atoms with Crippen LogP contribution in [-0.2, 0) is 11.8 Å². The van der Waals surface area contributed by atoms with Crippen LogP contribution >= 0.6 is 0 Å². The summed E-state index contributed by atoms with van der Waals surface area (Å²) in [5.41, 5.74) is 2.27. The smallest absolute Gasteiger partial charge is 0.258 e. The second kappa shape index (κ2) is 8.76. The minimum absolute atomic E-state index is 0.0168. The SMILES string of the molecule is CCC(C)N(CCCOC)c1nc(-c2ccncc2)c(C)c(=O)n1C. The summed E-state index contributed by atoms with van der Waals surface area (Å²) in [4.78, 5) is 23.9. The van der Waals surface area contributed by atoms with Crippen molar-refractivity contribution in [2.24, 2.45) is 7.05 Å². The van der Waals surface area contributed by atoms with Gasteiger partial charge < -0.3 is 9.64 Å². The van der Waals surface area contributed by atoms with E-state index in [4.69, 9.17) is 9.72 Å². The Morgan fingerprint density at radius 1 is 1.32 bits per heavy atom. The molecule has 2 rings (SSSR count). The molecule has 0 bridgehead atoms. The summed E-state index contributed by atoms with van der Waals surface area (Å²) in [5, 5.41) is 0. The van der Waals surface area contributed by atoms with E-state index < -0.39 is 0 Å². The van der Waals surface area contributed by atoms with Gasteiger partial charge in [0.1, 0.15) is 0 Å². The molecule has 0 saturated carbocycles. The summed E-state index contributed by atoms with van der Waals surface area (Å²) in [5.74, 6) is 0.702. The molecule has 2 aromatic rings. The first-order valence-electron chi connectivity index (χ1n) is 8.74. The van der Waals surface area contributed by atoms with E-state index in [1.165, 1.54) is 0 Å². The fraction of sp³-hybridized carbons (Fsp3) is 0.526. The zero-order valence-corrected chi connectivity index (χ0v) is 15.8. The van der Waals surface area contributed by atoms with Crippen molar-refractivity contribution in [2.75, 3.05) is 25.2 Å². The number of anilines is 1. The normalized spacial score (nSPS) is 12.2. The highest BCUT2D eigenvalue weighted by molar-refractivity contribution is 5.63. The summed E-state index contributed by atoms with van der Waals surface area (Å²) in [6.07, 6.45) is 5.30. The van der Waals surface area contributed by atoms with Crippen molar-refractivity contribution < 1.29 is 4.74 Å². The Hall–Kier alpha value is -2.21. The van der Waals surface area contributed by atoms with Crippen molar-refractivity contribution in [3.8, 4) is 11.3 Å². The molecule has 0 amide bonds. The van der Waals surface area contributed by atoms with Gasteiger partial charge in [-0.05, 0) is 38.8 Å². The average molecular weight is 344 g/mol. The Morgan fingerprint density at radius 3 is 2.60 bits per heavy atom. The number of pyridine rings is 1. The largest absolute Gasteiger partial charge is 0.385 e. The number of ether oxygens (including phenoxy) is 1. The summed E-state index contributed by atoms with van der Waals surface area (Å²) < 4.78 is 6.84. The van der Waals surface area contributed by atoms with Gasteiger partial charge in [0.2, 0.25) is 5.95 Å². The van der Waals surface area contributed by atoms with Crippen LogP contribution in [0.15, 0.2) is 29.3 Å². The van der Waals surface area contributed by atoms with Gasteiger partial charge in [0, 0.05) is 56.9 Å². The molecule has 0 radical (unpaired) electrons. The van der Waals surface area contributed by atoms with Gasteiger partial charge >= 0.3 is 0 Å². The maximum atomic E-state index is 12.8. The molecular weight excluding hydrogens is 316 g/mol. The van der Waals surface area contributed by atoms with Gasteiger partial charge in [0.25, 0.3) is 5.56 Å². The lowest BCUT2D eigenvalue weighted by Gasteiger charge is -2.31. The van der Waals surface area contributed by atoms with Gasteiger partial charge in [-0.15, -0.1) is 0 Å². The molecule has 0 aromatic carbocycles. The predicted molar refractivity (Wildman–Crippen MR) is 101 cm³/mol. The van der Waals surface area contributed by atoms with Gasteiger partial charge in [-0.1, -0.05) is 6.92 Å². The molecule has 0 aliphatic heterocycles. The molecule has 2 aromatic heterocycles. The van der Waals surface area contributed by atoms with E-state index in [-0.39, 0.29) is 11.6 Å². The van der Waals surface area contributed by atoms with E-state index in [9.17, 15) is 4.79 Å². The second-order valence-electron chi connectivity index (χ2n) is 6.28. The molecule has 25 heavy (non-hydrogen) atoms. The van der Waals surface area contributed by atoms with Gasteiger partial charge in [-0.25, -0.2) is 4.98 Å². The van der Waals surface area contributed by atoms with E-state index in [0.29, 0.717) is 18.1 Å². The lowest BCUT2D eigenvalue weighted by atomic mass is 10.1. The molecule has 1 atom stereocenters. The molecule has 0 saturated heterocycles. The first-order chi connectivity index (χ1) is 12.0. The zero-order chi connectivity index (χ0) is 18.4. The summed E-state index contributed by atoms with van der Waals surface area (Å²) in [6, 6.07) is 4.05. The number of rotatable bonds is 8. The Labute approximate surface area is 149 Å². The van der Waals surface area contributed by atoms with Crippen LogP contribution in [0.4, 0.5) is 5.95 Å². The first kappa shape index (κ1) is 19.1. The van der Waals surface area contributed by atoms with Crippen LogP contribution in [0.25, 0.3) is 11.3 Å². The van der Waals surface area contributed by atoms with E-state index in [1.54, 1.807) is 31.1 Å². The van der Waals surface area contributed by atoms with Crippen LogP contribution in [0.2, 0.25) is 0 Å². The van der Waals surface area contributed by atoms with Crippen LogP contribution in [0, 0.1) is 6.92 Å². The quantitative estimate of drug-likeness (QED) is 0.689. The Bertz CT molecular complexity index is 743. The molecule has 0 aliphatic carbocycles. The van der Waals surface area contributed by atoms with Crippen LogP contribution in [0.1, 0.15) is 32.3 Å². The lowest BCUT2D eigenvalue weighted by Crippen LogP contribution is -2.39. The third-order valence-corrected chi connectivity index (χ3v) is 4.57. The van der Waals surface area contributed by atoms with Crippen LogP contribution in [0.5, 0.6) is 0 Å². The monoisotopic (exact) mass is 344 g/mol. The molecule has 2 heterocycles. The highest BCUT2D eigenvalue weighted by Crippen LogP contribution is 2.23. The molecule has 0 aliphatic rings. The van der Waals surface area contributed by atoms with Crippen molar-refractivity contribution in [1.29, 1.82) is 0 Å². The highest BCUT2D eigenvalue weighted by atomic mass is 16.5. The Kier molecular flexibility index (Phi) is 6.70. The van der Waals surface area contributed by atoms with E-state index in [1.807, 2.05) is 19.1 Å². The summed E-state index contributed by atoms with van der Waals surface area (Å²) >= 11 is 0. The van der Waals surface area contributed by atoms with Crippen molar-refractivity contribution >= 4 is 5.95 Å². The Balaban J connectivity index is 2.54. The third-order valence-electron chi connectivity index (χ3n) is 4.57. The van der Waals surface area contributed by atoms with E-state index >= 15 is 0 Å². The fourth-order valence-corrected chi connectivity index (χ4v) is 2.87. The number of hydrogen-bond acceptors (Lipinski definition) is 5. The average Bonchev–Trinajstić information content (AvgIpc) is 2.64. The minimum Gasteiger partial charge on any atom is -0.385 e. The zero-order valence-electron chi connectivity index (χ0n) is 15.8. The van der Waals surface area contributed by atoms with Crippen molar-refractivity contribution in [2.45, 2.75) is 39.7 Å². The van der Waals surface area contributed by atoms with E-state index in [0.717, 1.165) is 30.6 Å². The number of methoxy groups -OCH3 is 1. The van der Waals surface area contributed by atoms with Gasteiger partial charge in [-0.3, -0.25) is 14.3 Å². The summed E-state index contributed by atoms with van der Waals surface area (Å²) in [6.45, 7) is 7.61. The van der Waals surface area contributed by atoms with Crippen molar-refractivity contribution in [3.05, 3.63) is 40.4 Å². The van der Waals surface area contributed by atoms with Gasteiger partial charge in [0.05, 0.1) is 5.69 Å². The lowest BCUT2D eigenvalue weighted by molar-refractivity contribution is 0.195. The fourth-order valence-electron chi connectivity index (χ4n) is 2.87. The number of aromatic nitrogens is 3. The van der Waals surface area contributed by atoms with Crippen molar-refractivity contribution in [1.82, 2.24) is 14.5 Å². The predicted octanol–water partition coefficient (Wildman–Crippen LogP) is 2.79. The van der Waals surface area contributed by atoms with Gasteiger partial charge in [-0.2, -0.15) is 0 Å². The maximum Gasteiger partial charge on any atom is 0.258 e. The molecule has 6 heteroatoms.